The number of aliphatic hydroxyl groups is 1. The molecule has 1 fully saturated rings. The second-order valence-electron chi connectivity index (χ2n) is 10.5. The number of aliphatic hydroxyl groups excluding tert-OH is 1. The van der Waals surface area contributed by atoms with Gasteiger partial charge in [0.2, 0.25) is 6.41 Å². The summed E-state index contributed by atoms with van der Waals surface area (Å²) in [5.74, 6) is 0.842. The van der Waals surface area contributed by atoms with Crippen molar-refractivity contribution < 1.29 is 9.90 Å². The lowest BCUT2D eigenvalue weighted by molar-refractivity contribution is -0.106. The van der Waals surface area contributed by atoms with Gasteiger partial charge in [0.25, 0.3) is 0 Å². The van der Waals surface area contributed by atoms with Crippen molar-refractivity contribution >= 4 is 23.3 Å². The van der Waals surface area contributed by atoms with Gasteiger partial charge in [0, 0.05) is 51.1 Å². The number of hydrogen-bond donors (Lipinski definition) is 4. The molecule has 41 heavy (non-hydrogen) atoms. The molecule has 5 N–H and O–H groups in total. The molecule has 0 aliphatic carbocycles. The molecule has 4 aromatic rings. The van der Waals surface area contributed by atoms with Crippen molar-refractivity contribution in [3.8, 4) is 11.3 Å². The summed E-state index contributed by atoms with van der Waals surface area (Å²) < 4.78 is 0. The molecule has 5 rings (SSSR count). The van der Waals surface area contributed by atoms with E-state index >= 15 is 0 Å². The molecule has 9 nitrogen and oxygen atoms in total. The van der Waals surface area contributed by atoms with Crippen molar-refractivity contribution in [2.45, 2.75) is 45.2 Å². The predicted molar refractivity (Wildman–Crippen MR) is 165 cm³/mol. The van der Waals surface area contributed by atoms with Crippen molar-refractivity contribution in [2.24, 2.45) is 5.73 Å². The fourth-order valence-electron chi connectivity index (χ4n) is 5.26. The summed E-state index contributed by atoms with van der Waals surface area (Å²) in [5, 5.41) is 13.5. The molecular formula is C32H43N7O2. The van der Waals surface area contributed by atoms with Gasteiger partial charge in [-0.05, 0) is 49.1 Å². The Hall–Kier alpha value is -3.79. The fraction of sp³-hybridized carbons (Fsp3) is 0.406. The summed E-state index contributed by atoms with van der Waals surface area (Å²) in [6, 6.07) is 21.6. The molecular weight excluding hydrogens is 514 g/mol. The molecule has 9 heteroatoms. The number of carbonyl (C=O) groups is 1. The number of unbranched alkanes of at least 4 members (excludes halogenated alkanes) is 3. The molecule has 1 saturated heterocycles. The van der Waals surface area contributed by atoms with E-state index in [2.05, 4.69) is 97.3 Å². The molecule has 1 aliphatic rings. The van der Waals surface area contributed by atoms with E-state index < -0.39 is 0 Å². The number of hydrogen-bond acceptors (Lipinski definition) is 7. The first-order chi connectivity index (χ1) is 20.1. The van der Waals surface area contributed by atoms with Gasteiger partial charge >= 0.3 is 0 Å². The first-order valence-corrected chi connectivity index (χ1v) is 14.6. The average molecular weight is 558 g/mol. The number of aromatic amines is 1. The quantitative estimate of drug-likeness (QED) is 0.149. The van der Waals surface area contributed by atoms with E-state index in [1.165, 1.54) is 30.5 Å². The maximum absolute atomic E-state index is 8.91. The lowest BCUT2D eigenvalue weighted by Gasteiger charge is -2.34. The Bertz CT molecular complexity index is 1320. The highest BCUT2D eigenvalue weighted by Crippen LogP contribution is 2.29. The Morgan fingerprint density at radius 3 is 2.37 bits per heavy atom. The smallest absolute Gasteiger partial charge is 0.204 e. The van der Waals surface area contributed by atoms with Crippen molar-refractivity contribution in [1.29, 1.82) is 0 Å². The first kappa shape index (κ1) is 30.2. The van der Waals surface area contributed by atoms with Crippen LogP contribution < -0.4 is 11.1 Å². The number of H-pyrrole nitrogens is 1. The number of anilines is 1. The Morgan fingerprint density at radius 1 is 0.976 bits per heavy atom. The highest BCUT2D eigenvalue weighted by Gasteiger charge is 2.17. The maximum Gasteiger partial charge on any atom is 0.204 e. The third kappa shape index (κ3) is 8.85. The summed E-state index contributed by atoms with van der Waals surface area (Å²) in [6.45, 7) is 9.19. The van der Waals surface area contributed by atoms with Crippen LogP contribution >= 0.6 is 0 Å². The number of primary amides is 1. The lowest BCUT2D eigenvalue weighted by Crippen LogP contribution is -2.46. The third-order valence-electron chi connectivity index (χ3n) is 7.60. The number of amides is 1. The van der Waals surface area contributed by atoms with Gasteiger partial charge in [0.15, 0.2) is 0 Å². The van der Waals surface area contributed by atoms with Crippen LogP contribution in [0.3, 0.4) is 0 Å². The summed E-state index contributed by atoms with van der Waals surface area (Å²) in [4.78, 5) is 26.2. The van der Waals surface area contributed by atoms with Gasteiger partial charge in [0.1, 0.15) is 17.8 Å². The van der Waals surface area contributed by atoms with Crippen LogP contribution in [0.5, 0.6) is 0 Å². The number of rotatable bonds is 12. The molecule has 0 saturated carbocycles. The highest BCUT2D eigenvalue weighted by atomic mass is 16.2. The minimum absolute atomic E-state index is 0.144. The summed E-state index contributed by atoms with van der Waals surface area (Å²) in [7, 11) is 0. The van der Waals surface area contributed by atoms with Gasteiger partial charge in [-0.15, -0.1) is 0 Å². The largest absolute Gasteiger partial charge is 0.396 e. The highest BCUT2D eigenvalue weighted by molar-refractivity contribution is 5.91. The molecule has 0 bridgehead atoms. The van der Waals surface area contributed by atoms with Crippen LogP contribution in [0.4, 0.5) is 5.82 Å². The van der Waals surface area contributed by atoms with E-state index in [1.807, 2.05) is 6.07 Å². The molecule has 0 unspecified atom stereocenters. The van der Waals surface area contributed by atoms with Crippen LogP contribution in [-0.2, 0) is 11.3 Å². The van der Waals surface area contributed by atoms with Gasteiger partial charge in [-0.1, -0.05) is 67.4 Å². The maximum atomic E-state index is 8.91. The normalized spacial score (nSPS) is 14.8. The molecule has 0 spiro atoms. The van der Waals surface area contributed by atoms with Crippen molar-refractivity contribution in [1.82, 2.24) is 24.8 Å². The van der Waals surface area contributed by atoms with Crippen molar-refractivity contribution in [3.05, 3.63) is 78.1 Å². The van der Waals surface area contributed by atoms with Gasteiger partial charge in [0.05, 0.1) is 5.39 Å². The molecule has 218 valence electrons. The summed E-state index contributed by atoms with van der Waals surface area (Å²) in [5.41, 5.74) is 9.78. The summed E-state index contributed by atoms with van der Waals surface area (Å²) in [6.07, 6.45) is 6.41. The number of benzene rings is 2. The van der Waals surface area contributed by atoms with Gasteiger partial charge in [-0.3, -0.25) is 9.69 Å². The minimum Gasteiger partial charge on any atom is -0.396 e. The van der Waals surface area contributed by atoms with Crippen LogP contribution in [0.1, 0.15) is 49.8 Å². The van der Waals surface area contributed by atoms with E-state index in [-0.39, 0.29) is 12.5 Å². The van der Waals surface area contributed by atoms with Crippen molar-refractivity contribution in [2.75, 3.05) is 44.6 Å². The Balaban J connectivity index is 0.00000124. The fourth-order valence-corrected chi connectivity index (χ4v) is 5.26. The zero-order chi connectivity index (χ0) is 28.9. The molecule has 2 aromatic heterocycles. The van der Waals surface area contributed by atoms with E-state index in [1.54, 1.807) is 6.33 Å². The summed E-state index contributed by atoms with van der Waals surface area (Å²) >= 11 is 0. The number of carbonyl (C=O) groups excluding carboxylic acids is 1. The van der Waals surface area contributed by atoms with Crippen LogP contribution in [0.2, 0.25) is 0 Å². The average Bonchev–Trinajstić information content (AvgIpc) is 3.45. The van der Waals surface area contributed by atoms with E-state index in [0.29, 0.717) is 6.61 Å². The zero-order valence-corrected chi connectivity index (χ0v) is 24.0. The molecule has 3 heterocycles. The molecule has 2 aromatic carbocycles. The molecule has 1 atom stereocenters. The zero-order valence-electron chi connectivity index (χ0n) is 24.0. The number of aromatic nitrogens is 3. The number of nitrogens with zero attached hydrogens (tertiary/aromatic N) is 4. The second-order valence-corrected chi connectivity index (χ2v) is 10.5. The van der Waals surface area contributed by atoms with E-state index in [0.717, 1.165) is 73.7 Å². The topological polar surface area (TPSA) is 123 Å². The number of piperazine rings is 1. The Kier molecular flexibility index (Phi) is 11.7. The molecule has 0 radical (unpaired) electrons. The predicted octanol–water partition coefficient (Wildman–Crippen LogP) is 4.57. The number of fused-ring (bicyclic) bond motifs is 1. The lowest BCUT2D eigenvalue weighted by atomic mass is 10.1. The third-order valence-corrected chi connectivity index (χ3v) is 7.60. The van der Waals surface area contributed by atoms with Gasteiger partial charge < -0.3 is 26.0 Å². The van der Waals surface area contributed by atoms with Crippen LogP contribution in [-0.4, -0.2) is 75.6 Å². The Labute approximate surface area is 242 Å². The minimum atomic E-state index is 0.144. The van der Waals surface area contributed by atoms with Crippen LogP contribution in [0.25, 0.3) is 22.3 Å². The Morgan fingerprint density at radius 2 is 1.66 bits per heavy atom. The van der Waals surface area contributed by atoms with Crippen molar-refractivity contribution in [3.63, 3.8) is 0 Å². The monoisotopic (exact) mass is 557 g/mol. The first-order valence-electron chi connectivity index (χ1n) is 14.6. The second kappa shape index (κ2) is 15.9. The number of nitrogens with one attached hydrogen (secondary N) is 2. The van der Waals surface area contributed by atoms with E-state index in [9.17, 15) is 0 Å². The molecule has 1 amide bonds. The standard InChI is InChI=1S/C31H40N6O.CH3NO/c1-24(26-9-5-4-6-10-26)34-30-28-21-29(35-31(28)33-23-32-30)27-13-11-25(12-14-27)22-37-18-16-36(17-19-37)15-7-2-3-8-20-38;2-1-3/h4-6,9-14,21,23-24,38H,2-3,7-8,15-20,22H2,1H3,(H2,32,33,34,35);1H,(H2,2,3)/t24-;/m1./s1. The van der Waals surface area contributed by atoms with Gasteiger partial charge in [-0.2, -0.15) is 0 Å². The van der Waals surface area contributed by atoms with E-state index in [4.69, 9.17) is 9.90 Å². The SMILES string of the molecule is C[C@@H](Nc1ncnc2[nH]c(-c3ccc(CN4CCN(CCCCCCO)CC4)cc3)cc12)c1ccccc1.NC=O. The van der Waals surface area contributed by atoms with Crippen LogP contribution in [0.15, 0.2) is 67.0 Å². The number of nitrogens with two attached hydrogens (primary N) is 1. The van der Waals surface area contributed by atoms with Crippen LogP contribution in [0, 0.1) is 0 Å². The molecule has 1 aliphatic heterocycles. The van der Waals surface area contributed by atoms with Gasteiger partial charge in [-0.25, -0.2) is 9.97 Å².